The van der Waals surface area contributed by atoms with Crippen LogP contribution in [0.3, 0.4) is 0 Å². The van der Waals surface area contributed by atoms with E-state index < -0.39 is 5.82 Å². The summed E-state index contributed by atoms with van der Waals surface area (Å²) in [7, 11) is 0. The number of halogens is 5. The fraction of sp³-hybridized carbons (Fsp3) is 0. The Balaban J connectivity index is 2.78. The van der Waals surface area contributed by atoms with Crippen molar-refractivity contribution in [3.63, 3.8) is 0 Å². The summed E-state index contributed by atoms with van der Waals surface area (Å²) in [5, 5.41) is 0.707. The van der Waals surface area contributed by atoms with Gasteiger partial charge in [0.05, 0.1) is 20.1 Å². The zero-order valence-corrected chi connectivity index (χ0v) is 11.8. The van der Waals surface area contributed by atoms with E-state index in [1.165, 1.54) is 18.2 Å². The number of rotatable bonds is 1. The molecule has 0 aromatic heterocycles. The van der Waals surface area contributed by atoms with Gasteiger partial charge in [-0.05, 0) is 24.3 Å². The number of anilines is 1. The minimum absolute atomic E-state index is 0.148. The van der Waals surface area contributed by atoms with Crippen molar-refractivity contribution in [2.45, 2.75) is 0 Å². The third-order valence-electron chi connectivity index (χ3n) is 2.37. The second-order valence-electron chi connectivity index (χ2n) is 3.58. The first-order valence-corrected chi connectivity index (χ1v) is 6.31. The summed E-state index contributed by atoms with van der Waals surface area (Å²) in [5.41, 5.74) is 6.24. The number of nitrogens with two attached hydrogens (primary N) is 1. The number of hydrogen-bond donors (Lipinski definition) is 1. The van der Waals surface area contributed by atoms with E-state index in [1.54, 1.807) is 6.07 Å². The highest BCUT2D eigenvalue weighted by Crippen LogP contribution is 2.44. The molecule has 1 nitrogen and oxygen atoms in total. The maximum atomic E-state index is 13.9. The Kier molecular flexibility index (Phi) is 3.93. The predicted octanol–water partition coefficient (Wildman–Crippen LogP) is 5.69. The molecule has 0 aliphatic rings. The Labute approximate surface area is 123 Å². The number of nitrogen functional groups attached to an aromatic ring is 1. The van der Waals surface area contributed by atoms with Gasteiger partial charge in [0.15, 0.2) is 0 Å². The Morgan fingerprint density at radius 1 is 0.889 bits per heavy atom. The maximum absolute atomic E-state index is 13.9. The van der Waals surface area contributed by atoms with Crippen LogP contribution in [0.1, 0.15) is 0 Å². The van der Waals surface area contributed by atoms with E-state index in [0.717, 1.165) is 0 Å². The minimum Gasteiger partial charge on any atom is -0.399 e. The van der Waals surface area contributed by atoms with E-state index >= 15 is 0 Å². The molecule has 0 spiro atoms. The lowest BCUT2D eigenvalue weighted by Crippen LogP contribution is -1.92. The third-order valence-corrected chi connectivity index (χ3v) is 3.95. The van der Waals surface area contributed by atoms with Crippen molar-refractivity contribution >= 4 is 52.1 Å². The van der Waals surface area contributed by atoms with Gasteiger partial charge in [0, 0.05) is 16.8 Å². The zero-order valence-electron chi connectivity index (χ0n) is 8.78. The summed E-state index contributed by atoms with van der Waals surface area (Å²) >= 11 is 23.9. The van der Waals surface area contributed by atoms with Crippen LogP contribution in [-0.2, 0) is 0 Å². The van der Waals surface area contributed by atoms with Crippen molar-refractivity contribution in [2.24, 2.45) is 0 Å². The number of hydrogen-bond acceptors (Lipinski definition) is 1. The summed E-state index contributed by atoms with van der Waals surface area (Å²) in [6, 6.07) is 5.60. The molecule has 0 aliphatic carbocycles. The molecule has 0 heterocycles. The molecular formula is C12H6Cl4FN. The van der Waals surface area contributed by atoms with E-state index in [1.807, 2.05) is 0 Å². The Hall–Kier alpha value is -0.670. The quantitative estimate of drug-likeness (QED) is 0.529. The van der Waals surface area contributed by atoms with E-state index in [4.69, 9.17) is 52.1 Å². The highest BCUT2D eigenvalue weighted by molar-refractivity contribution is 6.50. The van der Waals surface area contributed by atoms with E-state index in [-0.39, 0.29) is 31.2 Å². The zero-order chi connectivity index (χ0) is 13.4. The fourth-order valence-electron chi connectivity index (χ4n) is 1.54. The van der Waals surface area contributed by atoms with Gasteiger partial charge < -0.3 is 5.73 Å². The third kappa shape index (κ3) is 2.39. The van der Waals surface area contributed by atoms with Crippen LogP contribution >= 0.6 is 46.4 Å². The number of benzene rings is 2. The molecule has 0 amide bonds. The van der Waals surface area contributed by atoms with Crippen molar-refractivity contribution < 1.29 is 4.39 Å². The Bertz CT molecular complexity index is 602. The van der Waals surface area contributed by atoms with Gasteiger partial charge in [0.25, 0.3) is 0 Å². The first kappa shape index (κ1) is 13.8. The summed E-state index contributed by atoms with van der Waals surface area (Å²) in [6.07, 6.45) is 0. The molecule has 0 bridgehead atoms. The van der Waals surface area contributed by atoms with Gasteiger partial charge in [0.2, 0.25) is 0 Å². The van der Waals surface area contributed by atoms with Gasteiger partial charge in [-0.3, -0.25) is 0 Å². The van der Waals surface area contributed by atoms with Crippen LogP contribution < -0.4 is 5.73 Å². The summed E-state index contributed by atoms with van der Waals surface area (Å²) in [4.78, 5) is 0. The monoisotopic (exact) mass is 323 g/mol. The predicted molar refractivity (Wildman–Crippen MR) is 76.3 cm³/mol. The average Bonchev–Trinajstić information content (AvgIpc) is 2.29. The molecule has 0 fully saturated rings. The molecule has 2 aromatic carbocycles. The van der Waals surface area contributed by atoms with Crippen molar-refractivity contribution in [3.8, 4) is 11.1 Å². The summed E-state index contributed by atoms with van der Waals surface area (Å²) in [5.74, 6) is -0.544. The first-order chi connectivity index (χ1) is 8.41. The van der Waals surface area contributed by atoms with Crippen LogP contribution in [0.4, 0.5) is 10.1 Å². The van der Waals surface area contributed by atoms with Gasteiger partial charge in [-0.2, -0.15) is 0 Å². The molecule has 6 heteroatoms. The minimum atomic E-state index is -0.544. The fourth-order valence-corrected chi connectivity index (χ4v) is 2.56. The lowest BCUT2D eigenvalue weighted by molar-refractivity contribution is 0.632. The van der Waals surface area contributed by atoms with Crippen LogP contribution in [0.25, 0.3) is 11.1 Å². The lowest BCUT2D eigenvalue weighted by Gasteiger charge is -2.11. The summed E-state index contributed by atoms with van der Waals surface area (Å²) in [6.45, 7) is 0. The molecule has 18 heavy (non-hydrogen) atoms. The van der Waals surface area contributed by atoms with E-state index in [9.17, 15) is 4.39 Å². The van der Waals surface area contributed by atoms with Crippen LogP contribution in [0.15, 0.2) is 24.3 Å². The maximum Gasteiger partial charge on any atom is 0.133 e. The highest BCUT2D eigenvalue weighted by Gasteiger charge is 2.18. The van der Waals surface area contributed by atoms with Crippen molar-refractivity contribution in [1.29, 1.82) is 0 Å². The van der Waals surface area contributed by atoms with Crippen molar-refractivity contribution in [3.05, 3.63) is 50.2 Å². The highest BCUT2D eigenvalue weighted by atomic mass is 35.5. The van der Waals surface area contributed by atoms with E-state index in [2.05, 4.69) is 0 Å². The molecule has 2 aromatic rings. The Morgan fingerprint density at radius 2 is 1.44 bits per heavy atom. The topological polar surface area (TPSA) is 26.0 Å². The molecule has 0 aliphatic heterocycles. The molecule has 2 rings (SSSR count). The van der Waals surface area contributed by atoms with Crippen LogP contribution in [0.2, 0.25) is 20.1 Å². The second kappa shape index (κ2) is 5.14. The molecule has 0 saturated carbocycles. The molecule has 0 saturated heterocycles. The molecule has 94 valence electrons. The van der Waals surface area contributed by atoms with Gasteiger partial charge in [0.1, 0.15) is 5.82 Å². The largest absolute Gasteiger partial charge is 0.399 e. The molecule has 0 atom stereocenters. The molecule has 0 radical (unpaired) electrons. The standard InChI is InChI=1S/C12H6Cl4FN/c13-7-4-8(14)12(16)10(11(7)15)6-2-1-5(18)3-9(6)17/h1-4H,18H2. The van der Waals surface area contributed by atoms with Gasteiger partial charge in [-0.25, -0.2) is 4.39 Å². The van der Waals surface area contributed by atoms with Gasteiger partial charge in [-0.1, -0.05) is 46.4 Å². The molecule has 2 N–H and O–H groups in total. The van der Waals surface area contributed by atoms with Crippen LogP contribution in [-0.4, -0.2) is 0 Å². The molecule has 0 unspecified atom stereocenters. The van der Waals surface area contributed by atoms with Crippen LogP contribution in [0, 0.1) is 5.82 Å². The van der Waals surface area contributed by atoms with Crippen LogP contribution in [0.5, 0.6) is 0 Å². The lowest BCUT2D eigenvalue weighted by atomic mass is 10.0. The summed E-state index contributed by atoms with van der Waals surface area (Å²) < 4.78 is 13.9. The SMILES string of the molecule is Nc1ccc(-c2c(Cl)c(Cl)cc(Cl)c2Cl)c(F)c1. The van der Waals surface area contributed by atoms with Gasteiger partial charge >= 0.3 is 0 Å². The van der Waals surface area contributed by atoms with Crippen molar-refractivity contribution in [2.75, 3.05) is 5.73 Å². The second-order valence-corrected chi connectivity index (χ2v) is 5.15. The smallest absolute Gasteiger partial charge is 0.133 e. The van der Waals surface area contributed by atoms with Crippen molar-refractivity contribution in [1.82, 2.24) is 0 Å². The van der Waals surface area contributed by atoms with Gasteiger partial charge in [-0.15, -0.1) is 0 Å². The normalized spacial score (nSPS) is 10.7. The van der Waals surface area contributed by atoms with E-state index in [0.29, 0.717) is 5.69 Å². The first-order valence-electron chi connectivity index (χ1n) is 4.80. The molecular weight excluding hydrogens is 319 g/mol. The Morgan fingerprint density at radius 3 is 1.94 bits per heavy atom. The average molecular weight is 325 g/mol.